The van der Waals surface area contributed by atoms with Crippen molar-refractivity contribution in [3.8, 4) is 28.1 Å². The van der Waals surface area contributed by atoms with Crippen LogP contribution in [0, 0.1) is 17.3 Å². The number of amides is 4. The molecule has 1 saturated carbocycles. The van der Waals surface area contributed by atoms with Gasteiger partial charge in [0.15, 0.2) is 0 Å². The van der Waals surface area contributed by atoms with E-state index in [4.69, 9.17) is 23.9 Å². The molecular weight excluding hydrogens is 1010 g/mol. The summed E-state index contributed by atoms with van der Waals surface area (Å²) in [6, 6.07) is 11.8. The van der Waals surface area contributed by atoms with Gasteiger partial charge in [0.05, 0.1) is 47.9 Å². The average molecular weight is 1100 g/mol. The van der Waals surface area contributed by atoms with Crippen LogP contribution in [0.25, 0.3) is 33.3 Å². The number of fused-ring (bicyclic) bond motifs is 8. The maximum absolute atomic E-state index is 15.1. The summed E-state index contributed by atoms with van der Waals surface area (Å²) in [5.41, 5.74) is 10.3. The summed E-state index contributed by atoms with van der Waals surface area (Å²) in [5.74, 6) is -2.28. The molecule has 2 aromatic heterocycles. The molecule has 6 aliphatic rings. The first-order valence-electron chi connectivity index (χ1n) is 29.4. The highest BCUT2D eigenvalue weighted by atomic mass is 16.6. The lowest BCUT2D eigenvalue weighted by Crippen LogP contribution is -2.63. The molecule has 8 bridgehead atoms. The van der Waals surface area contributed by atoms with E-state index in [1.165, 1.54) is 22.8 Å². The van der Waals surface area contributed by atoms with Gasteiger partial charge in [-0.1, -0.05) is 39.8 Å². The molecule has 80 heavy (non-hydrogen) atoms. The largest absolute Gasteiger partial charge is 0.491 e. The topological polar surface area (TPSA) is 180 Å². The van der Waals surface area contributed by atoms with Gasteiger partial charge < -0.3 is 43.5 Å². The number of nitrogens with zero attached hydrogens (tertiary/aromatic N) is 7. The molecule has 432 valence electrons. The number of aromatic nitrogens is 2. The number of carbonyl (C=O) groups is 5. The number of hydrazine groups is 1. The van der Waals surface area contributed by atoms with Crippen molar-refractivity contribution < 1.29 is 42.9 Å². The van der Waals surface area contributed by atoms with Crippen molar-refractivity contribution in [2.24, 2.45) is 17.3 Å². The monoisotopic (exact) mass is 1100 g/mol. The van der Waals surface area contributed by atoms with Crippen LogP contribution >= 0.6 is 0 Å². The second kappa shape index (κ2) is 23.0. The summed E-state index contributed by atoms with van der Waals surface area (Å²) < 4.78 is 27.6. The Morgan fingerprint density at radius 1 is 0.875 bits per heavy atom. The molecule has 4 aromatic rings. The van der Waals surface area contributed by atoms with Crippen LogP contribution < -0.4 is 20.4 Å². The smallest absolute Gasteiger partial charge is 0.410 e. The first kappa shape index (κ1) is 57.0. The molecule has 4 amide bonds. The Kier molecular flexibility index (Phi) is 16.4. The molecule has 0 spiro atoms. The summed E-state index contributed by atoms with van der Waals surface area (Å²) in [6.07, 6.45) is 6.28. The van der Waals surface area contributed by atoms with Gasteiger partial charge in [0.25, 0.3) is 5.91 Å². The third-order valence-electron chi connectivity index (χ3n) is 17.3. The second-order valence-corrected chi connectivity index (χ2v) is 25.4. The molecule has 10 rings (SSSR count). The van der Waals surface area contributed by atoms with Gasteiger partial charge in [0, 0.05) is 94.3 Å². The van der Waals surface area contributed by atoms with E-state index in [2.05, 4.69) is 76.2 Å². The van der Waals surface area contributed by atoms with Crippen LogP contribution in [0.1, 0.15) is 124 Å². The molecule has 5 aliphatic heterocycles. The molecule has 7 heterocycles. The van der Waals surface area contributed by atoms with E-state index in [9.17, 15) is 19.2 Å². The Morgan fingerprint density at radius 2 is 1.62 bits per heavy atom. The van der Waals surface area contributed by atoms with Crippen molar-refractivity contribution in [2.75, 3.05) is 71.5 Å². The van der Waals surface area contributed by atoms with Crippen LogP contribution in [0.4, 0.5) is 10.5 Å². The lowest BCUT2D eigenvalue weighted by atomic mass is 9.84. The lowest BCUT2D eigenvalue weighted by molar-refractivity contribution is -0.155. The van der Waals surface area contributed by atoms with Gasteiger partial charge in [-0.15, -0.1) is 0 Å². The zero-order valence-corrected chi connectivity index (χ0v) is 49.1. The summed E-state index contributed by atoms with van der Waals surface area (Å²) in [7, 11) is 3.34. The minimum atomic E-state index is -1.12. The molecule has 6 atom stereocenters. The van der Waals surface area contributed by atoms with Crippen molar-refractivity contribution in [1.82, 2.24) is 40.0 Å². The molecule has 1 aliphatic carbocycles. The predicted molar refractivity (Wildman–Crippen MR) is 307 cm³/mol. The minimum absolute atomic E-state index is 0.0328. The van der Waals surface area contributed by atoms with E-state index in [1.807, 2.05) is 59.9 Å². The van der Waals surface area contributed by atoms with Crippen LogP contribution in [0.5, 0.6) is 5.75 Å². The number of anilines is 1. The Bertz CT molecular complexity index is 2990. The van der Waals surface area contributed by atoms with Crippen LogP contribution in [0.2, 0.25) is 0 Å². The number of nitrogens with one attached hydrogen (secondary N) is 2. The highest BCUT2D eigenvalue weighted by Crippen LogP contribution is 2.44. The SMILES string of the molecule is CCn1c(-c2cc(N3CCN(C4CC4)CC3)cnc2[C@H](C)OC)c2c3cc(ccc31)-c1cc3cc(c1)OC[C@@H]1[C@H](CCCN1C(=O)OC(C)(C)C)C(=O)N(C)[C@@H](C(C)C)C(=O)N[C@@H](C3)C(=O)N1CCC[C@H](N1)C(=O)OCC(C)(C)C2. The number of rotatable bonds is 7. The molecule has 2 N–H and O–H groups in total. The molecule has 18 nitrogen and oxygen atoms in total. The summed E-state index contributed by atoms with van der Waals surface area (Å²) in [6.45, 7) is 22.9. The number of hydrogen-bond donors (Lipinski definition) is 2. The van der Waals surface area contributed by atoms with E-state index in [0.29, 0.717) is 69.1 Å². The van der Waals surface area contributed by atoms with Crippen LogP contribution in [0.15, 0.2) is 48.7 Å². The van der Waals surface area contributed by atoms with Gasteiger partial charge in [-0.2, -0.15) is 0 Å². The number of aryl methyl sites for hydroxylation is 1. The maximum Gasteiger partial charge on any atom is 0.410 e. The van der Waals surface area contributed by atoms with Gasteiger partial charge in [-0.05, 0) is 138 Å². The van der Waals surface area contributed by atoms with Crippen molar-refractivity contribution >= 4 is 46.4 Å². The van der Waals surface area contributed by atoms with Crippen molar-refractivity contribution in [2.45, 2.75) is 162 Å². The van der Waals surface area contributed by atoms with E-state index < -0.39 is 65.0 Å². The average Bonchev–Trinajstić information content (AvgIpc) is 4.29. The van der Waals surface area contributed by atoms with Gasteiger partial charge in [-0.3, -0.25) is 34.1 Å². The van der Waals surface area contributed by atoms with E-state index >= 15 is 4.79 Å². The Labute approximate surface area is 472 Å². The van der Waals surface area contributed by atoms with Crippen LogP contribution in [-0.4, -0.2) is 161 Å². The van der Waals surface area contributed by atoms with Crippen molar-refractivity contribution in [3.63, 3.8) is 0 Å². The number of likely N-dealkylation sites (tertiary alicyclic amines) is 1. The van der Waals surface area contributed by atoms with E-state index in [-0.39, 0.29) is 37.6 Å². The molecule has 0 radical (unpaired) electrons. The number of likely N-dealkylation sites (N-methyl/N-ethyl adjacent to an activating group) is 1. The Morgan fingerprint density at radius 3 is 2.33 bits per heavy atom. The fourth-order valence-corrected chi connectivity index (χ4v) is 13.0. The number of hydrogen-bond acceptors (Lipinski definition) is 13. The summed E-state index contributed by atoms with van der Waals surface area (Å²) >= 11 is 0. The van der Waals surface area contributed by atoms with Gasteiger partial charge >= 0.3 is 12.1 Å². The normalized spacial score (nSPS) is 25.0. The Balaban J connectivity index is 1.15. The van der Waals surface area contributed by atoms with Crippen LogP contribution in [-0.2, 0) is 52.8 Å². The van der Waals surface area contributed by atoms with Gasteiger partial charge in [0.2, 0.25) is 11.8 Å². The van der Waals surface area contributed by atoms with E-state index in [0.717, 1.165) is 76.4 Å². The number of benzene rings is 2. The molecule has 2 aromatic carbocycles. The molecule has 4 fully saturated rings. The van der Waals surface area contributed by atoms with Crippen molar-refractivity contribution in [1.29, 1.82) is 0 Å². The predicted octanol–water partition coefficient (Wildman–Crippen LogP) is 7.92. The Hall–Kier alpha value is -6.24. The number of methoxy groups -OCH3 is 1. The summed E-state index contributed by atoms with van der Waals surface area (Å²) in [4.78, 5) is 86.7. The number of carbonyl (C=O) groups excluding carboxylic acids is 5. The van der Waals surface area contributed by atoms with Gasteiger partial charge in [-0.25, -0.2) is 10.2 Å². The van der Waals surface area contributed by atoms with Gasteiger partial charge in [0.1, 0.15) is 36.1 Å². The lowest BCUT2D eigenvalue weighted by Gasteiger charge is -2.43. The number of esters is 1. The highest BCUT2D eigenvalue weighted by Gasteiger charge is 2.45. The number of ether oxygens (including phenoxy) is 4. The number of pyridine rings is 1. The maximum atomic E-state index is 15.1. The molecular formula is C62H85N9O9. The first-order valence-corrected chi connectivity index (χ1v) is 29.4. The van der Waals surface area contributed by atoms with E-state index in [1.54, 1.807) is 19.1 Å². The zero-order chi connectivity index (χ0) is 56.9. The van der Waals surface area contributed by atoms with Crippen LogP contribution in [0.3, 0.4) is 0 Å². The third kappa shape index (κ3) is 11.9. The highest BCUT2D eigenvalue weighted by molar-refractivity contribution is 5.96. The standard InChI is InChI=1S/C62H85N9O9/c1-12-69-51-20-17-40-31-46(51)48(55(69)47-32-43(34-63-53(47)38(4)77-11)68-25-23-67(24-26-68)42-18-19-42)33-62(8,9)36-79-59(75)49-16-14-22-71(65-49)58(74)50-29-39-27-41(40)30-44(28-39)78-35-52-45(15-13-21-70(52)60(76)80-61(5,6)7)57(73)66(10)54(37(2)3)56(72)64-50/h17,20,27-28,30-32,34,37-38,42,45,49-50,52,54,65H,12-16,18-19,21-26,29,33,35-36H2,1-11H3,(H,64,72)/t38-,45-,49-,50-,52+,54-/m0/s1. The number of piperazine rings is 1. The van der Waals surface area contributed by atoms with Crippen molar-refractivity contribution in [3.05, 3.63) is 65.5 Å². The fourth-order valence-electron chi connectivity index (χ4n) is 13.0. The quantitative estimate of drug-likeness (QED) is 0.171. The summed E-state index contributed by atoms with van der Waals surface area (Å²) in [5, 5.41) is 5.59. The molecule has 0 unspecified atom stereocenters. The zero-order valence-electron chi connectivity index (χ0n) is 49.1. The second-order valence-electron chi connectivity index (χ2n) is 25.4. The fraction of sp³-hybridized carbons (Fsp3) is 0.613. The first-order chi connectivity index (χ1) is 38.1. The third-order valence-corrected chi connectivity index (χ3v) is 17.3. The molecule has 18 heteroatoms. The number of piperidine rings is 1. The number of cyclic esters (lactones) is 1. The minimum Gasteiger partial charge on any atom is -0.491 e. The molecule has 3 saturated heterocycles.